The molecule has 0 atom stereocenters. The Labute approximate surface area is 146 Å². The molecule has 0 amide bonds. The summed E-state index contributed by atoms with van der Waals surface area (Å²) in [5.74, 6) is 0.434. The Morgan fingerprint density at radius 1 is 1.16 bits per heavy atom. The lowest BCUT2D eigenvalue weighted by Crippen LogP contribution is -2.30. The van der Waals surface area contributed by atoms with E-state index in [4.69, 9.17) is 4.74 Å². The smallest absolute Gasteiger partial charge is 0.212 e. The van der Waals surface area contributed by atoms with Crippen LogP contribution in [0.5, 0.6) is 5.88 Å². The van der Waals surface area contributed by atoms with Gasteiger partial charge in [-0.15, -0.1) is 0 Å². The van der Waals surface area contributed by atoms with E-state index in [0.717, 1.165) is 37.3 Å². The first-order valence-corrected chi connectivity index (χ1v) is 8.44. The van der Waals surface area contributed by atoms with Gasteiger partial charge in [-0.3, -0.25) is 0 Å². The van der Waals surface area contributed by atoms with Crippen LogP contribution >= 0.6 is 0 Å². The second kappa shape index (κ2) is 6.59. The van der Waals surface area contributed by atoms with E-state index >= 15 is 0 Å². The van der Waals surface area contributed by atoms with Crippen LogP contribution in [0.2, 0.25) is 0 Å². The first-order chi connectivity index (χ1) is 12.2. The molecule has 4 nitrogen and oxygen atoms in total. The number of fused-ring (bicyclic) bond motifs is 3. The molecule has 3 aromatic rings. The molecule has 0 fully saturated rings. The summed E-state index contributed by atoms with van der Waals surface area (Å²) >= 11 is 0. The van der Waals surface area contributed by atoms with Crippen LogP contribution in [0, 0.1) is 5.82 Å². The van der Waals surface area contributed by atoms with Crippen LogP contribution in [0.4, 0.5) is 10.1 Å². The molecule has 4 rings (SSSR count). The van der Waals surface area contributed by atoms with E-state index < -0.39 is 0 Å². The third-order valence-corrected chi connectivity index (χ3v) is 4.62. The Bertz CT molecular complexity index is 873. The number of hydrogen-bond acceptors (Lipinski definition) is 3. The predicted octanol–water partition coefficient (Wildman–Crippen LogP) is 3.97. The fraction of sp³-hybridized carbons (Fsp3) is 0.250. The quantitative estimate of drug-likeness (QED) is 0.706. The molecule has 5 heteroatoms. The van der Waals surface area contributed by atoms with Gasteiger partial charge >= 0.3 is 0 Å². The maximum atomic E-state index is 13.8. The summed E-state index contributed by atoms with van der Waals surface area (Å²) < 4.78 is 21.0. The van der Waals surface area contributed by atoms with E-state index in [1.165, 1.54) is 17.3 Å². The molecule has 0 unspecified atom stereocenters. The number of aromatic nitrogens is 2. The molecule has 2 aromatic heterocycles. The number of anilines is 1. The normalized spacial score (nSPS) is 12.6. The number of benzene rings is 1. The number of methoxy groups -OCH3 is 1. The first kappa shape index (κ1) is 15.7. The topological polar surface area (TPSA) is 30.3 Å². The van der Waals surface area contributed by atoms with Crippen molar-refractivity contribution < 1.29 is 9.13 Å². The first-order valence-electron chi connectivity index (χ1n) is 8.44. The highest BCUT2D eigenvalue weighted by atomic mass is 19.1. The van der Waals surface area contributed by atoms with E-state index in [0.29, 0.717) is 5.88 Å². The van der Waals surface area contributed by atoms with Crippen molar-refractivity contribution in [2.24, 2.45) is 0 Å². The van der Waals surface area contributed by atoms with E-state index in [2.05, 4.69) is 20.5 Å². The molecule has 1 aliphatic rings. The fourth-order valence-electron chi connectivity index (χ4n) is 3.37. The van der Waals surface area contributed by atoms with Crippen LogP contribution in [0.3, 0.4) is 0 Å². The average molecular weight is 337 g/mol. The Balaban J connectivity index is 1.48. The summed E-state index contributed by atoms with van der Waals surface area (Å²) in [6.07, 6.45) is 5.80. The van der Waals surface area contributed by atoms with Crippen molar-refractivity contribution in [1.82, 2.24) is 9.55 Å². The van der Waals surface area contributed by atoms with Crippen molar-refractivity contribution in [3.63, 3.8) is 0 Å². The van der Waals surface area contributed by atoms with Gasteiger partial charge in [0, 0.05) is 30.7 Å². The predicted molar refractivity (Wildman–Crippen MR) is 95.9 cm³/mol. The van der Waals surface area contributed by atoms with Gasteiger partial charge < -0.3 is 14.2 Å². The summed E-state index contributed by atoms with van der Waals surface area (Å²) in [6, 6.07) is 13.1. The summed E-state index contributed by atoms with van der Waals surface area (Å²) in [6.45, 7) is 1.66. The monoisotopic (exact) mass is 337 g/mol. The third kappa shape index (κ3) is 3.09. The molecule has 0 bridgehead atoms. The molecule has 0 spiro atoms. The van der Waals surface area contributed by atoms with E-state index in [1.54, 1.807) is 13.2 Å². The van der Waals surface area contributed by atoms with E-state index in [9.17, 15) is 4.39 Å². The van der Waals surface area contributed by atoms with Gasteiger partial charge in [0.05, 0.1) is 25.0 Å². The Kier molecular flexibility index (Phi) is 4.14. The molecule has 3 heterocycles. The molecule has 0 radical (unpaired) electrons. The summed E-state index contributed by atoms with van der Waals surface area (Å²) in [5, 5.41) is 0. The number of rotatable bonds is 5. The molecule has 1 aromatic carbocycles. The fourth-order valence-corrected chi connectivity index (χ4v) is 3.37. The van der Waals surface area contributed by atoms with Crippen LogP contribution in [-0.4, -0.2) is 23.2 Å². The van der Waals surface area contributed by atoms with Crippen molar-refractivity contribution in [1.29, 1.82) is 0 Å². The molecule has 25 heavy (non-hydrogen) atoms. The van der Waals surface area contributed by atoms with Gasteiger partial charge in [0.1, 0.15) is 5.82 Å². The zero-order chi connectivity index (χ0) is 17.2. The zero-order valence-electron chi connectivity index (χ0n) is 14.2. The standard InChI is InChI=1S/C20H20FN3O/c1-25-20-9-6-15(13-22-20)4-2-10-23-14-17-5-3-11-24(17)18-8-7-16(21)12-19(18)23/h3,5-9,11-13H,2,4,10,14H2,1H3. The summed E-state index contributed by atoms with van der Waals surface area (Å²) in [7, 11) is 1.62. The molecule has 1 aliphatic heterocycles. The van der Waals surface area contributed by atoms with Gasteiger partial charge in [-0.1, -0.05) is 6.07 Å². The number of halogens is 1. The maximum Gasteiger partial charge on any atom is 0.212 e. The van der Waals surface area contributed by atoms with Crippen molar-refractivity contribution in [3.8, 4) is 11.6 Å². The largest absolute Gasteiger partial charge is 0.481 e. The number of pyridine rings is 1. The van der Waals surface area contributed by atoms with Crippen LogP contribution in [0.25, 0.3) is 5.69 Å². The van der Waals surface area contributed by atoms with Gasteiger partial charge in [-0.25, -0.2) is 9.37 Å². The summed E-state index contributed by atoms with van der Waals surface area (Å²) in [5.41, 5.74) is 4.40. The molecule has 0 aliphatic carbocycles. The molecular weight excluding hydrogens is 317 g/mol. The van der Waals surface area contributed by atoms with Crippen LogP contribution in [-0.2, 0) is 13.0 Å². The zero-order valence-corrected chi connectivity index (χ0v) is 14.2. The number of nitrogens with zero attached hydrogens (tertiary/aromatic N) is 3. The minimum absolute atomic E-state index is 0.196. The van der Waals surface area contributed by atoms with Crippen LogP contribution in [0.1, 0.15) is 17.7 Å². The number of aryl methyl sites for hydroxylation is 1. The Hall–Kier alpha value is -2.82. The van der Waals surface area contributed by atoms with Crippen molar-refractivity contribution in [2.75, 3.05) is 18.6 Å². The average Bonchev–Trinajstić information content (AvgIpc) is 3.10. The lowest BCUT2D eigenvalue weighted by atomic mass is 10.1. The maximum absolute atomic E-state index is 13.8. The van der Waals surface area contributed by atoms with E-state index in [1.807, 2.05) is 36.7 Å². The van der Waals surface area contributed by atoms with Crippen molar-refractivity contribution >= 4 is 5.69 Å². The van der Waals surface area contributed by atoms with Crippen LogP contribution in [0.15, 0.2) is 54.9 Å². The third-order valence-electron chi connectivity index (χ3n) is 4.62. The minimum Gasteiger partial charge on any atom is -0.481 e. The van der Waals surface area contributed by atoms with Gasteiger partial charge in [-0.2, -0.15) is 0 Å². The number of ether oxygens (including phenoxy) is 1. The number of hydrogen-bond donors (Lipinski definition) is 0. The van der Waals surface area contributed by atoms with Crippen molar-refractivity contribution in [2.45, 2.75) is 19.4 Å². The van der Waals surface area contributed by atoms with E-state index in [-0.39, 0.29) is 5.82 Å². The Morgan fingerprint density at radius 2 is 2.08 bits per heavy atom. The molecule has 0 saturated heterocycles. The van der Waals surface area contributed by atoms with Crippen LogP contribution < -0.4 is 9.64 Å². The molecule has 0 saturated carbocycles. The lowest BCUT2D eigenvalue weighted by Gasteiger charge is -2.32. The highest BCUT2D eigenvalue weighted by Crippen LogP contribution is 2.33. The van der Waals surface area contributed by atoms with Gasteiger partial charge in [-0.05, 0) is 48.7 Å². The second-order valence-electron chi connectivity index (χ2n) is 6.24. The molecular formula is C20H20FN3O. The lowest BCUT2D eigenvalue weighted by molar-refractivity contribution is 0.397. The summed E-state index contributed by atoms with van der Waals surface area (Å²) in [4.78, 5) is 6.50. The van der Waals surface area contributed by atoms with Gasteiger partial charge in [0.25, 0.3) is 0 Å². The minimum atomic E-state index is -0.196. The SMILES string of the molecule is COc1ccc(CCCN2Cc3cccn3-c3ccc(F)cc32)cn1. The van der Waals surface area contributed by atoms with Gasteiger partial charge in [0.15, 0.2) is 0 Å². The Morgan fingerprint density at radius 3 is 2.88 bits per heavy atom. The molecule has 0 N–H and O–H groups in total. The molecule has 128 valence electrons. The van der Waals surface area contributed by atoms with Gasteiger partial charge in [0.2, 0.25) is 5.88 Å². The van der Waals surface area contributed by atoms with Crippen molar-refractivity contribution in [3.05, 3.63) is 71.9 Å². The highest BCUT2D eigenvalue weighted by molar-refractivity contribution is 5.66. The highest BCUT2D eigenvalue weighted by Gasteiger charge is 2.21. The second-order valence-corrected chi connectivity index (χ2v) is 6.24.